The third-order valence-electron chi connectivity index (χ3n) is 3.44. The molecule has 0 aliphatic rings. The lowest BCUT2D eigenvalue weighted by molar-refractivity contribution is 0.772. The summed E-state index contributed by atoms with van der Waals surface area (Å²) in [6, 6.07) is 12.2. The van der Waals surface area contributed by atoms with Crippen LogP contribution in [0.5, 0.6) is 0 Å². The van der Waals surface area contributed by atoms with E-state index in [1.165, 1.54) is 6.33 Å². The van der Waals surface area contributed by atoms with E-state index in [4.69, 9.17) is 0 Å². The second-order valence-electron chi connectivity index (χ2n) is 4.97. The van der Waals surface area contributed by atoms with Gasteiger partial charge in [-0.1, -0.05) is 18.2 Å². The smallest absolute Gasteiger partial charge is 0.328 e. The topological polar surface area (TPSA) is 92.2 Å². The van der Waals surface area contributed by atoms with Crippen molar-refractivity contribution in [3.8, 4) is 21.8 Å². The lowest BCUT2D eigenvalue weighted by Gasteiger charge is -2.01. The largest absolute Gasteiger partial charge is 0.343 e. The Hall–Kier alpha value is -3.00. The van der Waals surface area contributed by atoms with Crippen LogP contribution in [0.3, 0.4) is 0 Å². The predicted octanol–water partition coefficient (Wildman–Crippen LogP) is 2.13. The first-order valence-electron chi connectivity index (χ1n) is 6.95. The molecule has 0 unspecified atom stereocenters. The van der Waals surface area contributed by atoms with E-state index in [-0.39, 0.29) is 5.69 Å². The molecule has 2 N–H and O–H groups in total. The summed E-state index contributed by atoms with van der Waals surface area (Å²) in [6.07, 6.45) is 3.07. The maximum Gasteiger partial charge on any atom is 0.343 e. The number of aromatic amines is 2. The molecule has 8 heteroatoms. The third kappa shape index (κ3) is 2.71. The zero-order valence-corrected chi connectivity index (χ0v) is 12.7. The maximum absolute atomic E-state index is 11.5. The molecule has 0 saturated heterocycles. The molecule has 23 heavy (non-hydrogen) atoms. The highest BCUT2D eigenvalue weighted by Crippen LogP contribution is 2.30. The number of H-pyrrole nitrogens is 2. The third-order valence-corrected chi connectivity index (χ3v) is 4.56. The lowest BCUT2D eigenvalue weighted by atomic mass is 10.1. The maximum atomic E-state index is 11.5. The number of aromatic nitrogens is 6. The summed E-state index contributed by atoms with van der Waals surface area (Å²) in [6.45, 7) is 0.516. The van der Waals surface area contributed by atoms with Gasteiger partial charge in [0.2, 0.25) is 0 Å². The monoisotopic (exact) mass is 324 g/mol. The first-order valence-corrected chi connectivity index (χ1v) is 7.76. The molecule has 4 rings (SSSR count). The van der Waals surface area contributed by atoms with E-state index in [2.05, 4.69) is 43.6 Å². The Labute approximate surface area is 134 Å². The van der Waals surface area contributed by atoms with E-state index in [0.29, 0.717) is 6.54 Å². The molecule has 4 aromatic rings. The second-order valence-corrected chi connectivity index (χ2v) is 6.14. The minimum Gasteiger partial charge on any atom is -0.328 e. The van der Waals surface area contributed by atoms with Crippen LogP contribution in [0.25, 0.3) is 21.8 Å². The lowest BCUT2D eigenvalue weighted by Crippen LogP contribution is -2.16. The summed E-state index contributed by atoms with van der Waals surface area (Å²) < 4.78 is 1.54. The van der Waals surface area contributed by atoms with E-state index in [1.807, 2.05) is 18.2 Å². The molecule has 0 atom stereocenters. The SMILES string of the molecule is O=c1[nH]ncn1Cc1ccc(-c2cccc(-c3nnc[nH]3)c2)s1. The van der Waals surface area contributed by atoms with Crippen molar-refractivity contribution in [2.24, 2.45) is 0 Å². The molecule has 0 fully saturated rings. The van der Waals surface area contributed by atoms with Crippen LogP contribution >= 0.6 is 11.3 Å². The Morgan fingerprint density at radius 3 is 2.87 bits per heavy atom. The molecule has 0 bridgehead atoms. The van der Waals surface area contributed by atoms with Crippen LogP contribution in [0.15, 0.2) is 53.8 Å². The van der Waals surface area contributed by atoms with Crippen LogP contribution in [-0.4, -0.2) is 29.9 Å². The van der Waals surface area contributed by atoms with E-state index in [1.54, 1.807) is 22.2 Å². The molecule has 3 heterocycles. The molecule has 0 aliphatic heterocycles. The van der Waals surface area contributed by atoms with Crippen LogP contribution < -0.4 is 5.69 Å². The van der Waals surface area contributed by atoms with E-state index in [0.717, 1.165) is 26.7 Å². The Bertz CT molecular complexity index is 981. The minimum absolute atomic E-state index is 0.202. The van der Waals surface area contributed by atoms with Crippen molar-refractivity contribution in [3.63, 3.8) is 0 Å². The Morgan fingerprint density at radius 1 is 1.17 bits per heavy atom. The first-order chi connectivity index (χ1) is 11.3. The molecule has 3 aromatic heterocycles. The van der Waals surface area contributed by atoms with Crippen LogP contribution in [-0.2, 0) is 6.54 Å². The average Bonchev–Trinajstić information content (AvgIpc) is 3.31. The van der Waals surface area contributed by atoms with Gasteiger partial charge in [0.1, 0.15) is 12.7 Å². The van der Waals surface area contributed by atoms with Crippen molar-refractivity contribution in [3.05, 3.63) is 64.4 Å². The van der Waals surface area contributed by atoms with Crippen LogP contribution in [0.1, 0.15) is 4.88 Å². The Morgan fingerprint density at radius 2 is 2.09 bits per heavy atom. The number of benzene rings is 1. The van der Waals surface area contributed by atoms with Crippen LogP contribution in [0, 0.1) is 0 Å². The number of thiophene rings is 1. The molecular formula is C15H12N6OS. The van der Waals surface area contributed by atoms with Gasteiger partial charge in [-0.15, -0.1) is 21.5 Å². The highest BCUT2D eigenvalue weighted by atomic mass is 32.1. The summed E-state index contributed by atoms with van der Waals surface area (Å²) in [5.41, 5.74) is 1.89. The number of nitrogens with one attached hydrogen (secondary N) is 2. The van der Waals surface area contributed by atoms with Crippen molar-refractivity contribution < 1.29 is 0 Å². The summed E-state index contributed by atoms with van der Waals surface area (Å²) in [5.74, 6) is 0.744. The fourth-order valence-electron chi connectivity index (χ4n) is 2.34. The molecule has 7 nitrogen and oxygen atoms in total. The van der Waals surface area contributed by atoms with Gasteiger partial charge in [-0.3, -0.25) is 4.57 Å². The van der Waals surface area contributed by atoms with E-state index < -0.39 is 0 Å². The van der Waals surface area contributed by atoms with Crippen molar-refractivity contribution >= 4 is 11.3 Å². The van der Waals surface area contributed by atoms with Crippen molar-refractivity contribution in [2.75, 3.05) is 0 Å². The highest BCUT2D eigenvalue weighted by Gasteiger charge is 2.07. The quantitative estimate of drug-likeness (QED) is 0.601. The van der Waals surface area contributed by atoms with Crippen LogP contribution in [0.2, 0.25) is 0 Å². The molecule has 0 radical (unpaired) electrons. The fraction of sp³-hybridized carbons (Fsp3) is 0.0667. The van der Waals surface area contributed by atoms with Crippen molar-refractivity contribution in [1.29, 1.82) is 0 Å². The predicted molar refractivity (Wildman–Crippen MR) is 87.1 cm³/mol. The first kappa shape index (κ1) is 13.6. The molecular weight excluding hydrogens is 312 g/mol. The molecule has 0 saturated carbocycles. The number of rotatable bonds is 4. The second kappa shape index (κ2) is 5.65. The highest BCUT2D eigenvalue weighted by molar-refractivity contribution is 7.15. The normalized spacial score (nSPS) is 11.0. The number of nitrogens with zero attached hydrogens (tertiary/aromatic N) is 4. The zero-order valence-electron chi connectivity index (χ0n) is 11.9. The molecule has 1 aromatic carbocycles. The standard InChI is InChI=1S/C15H12N6OS/c22-15-20-18-9-21(15)7-12-4-5-13(23-12)10-2-1-3-11(6-10)14-16-8-17-19-14/h1-6,8-9H,7H2,(H,20,22)(H,16,17,19). The van der Waals surface area contributed by atoms with Crippen LogP contribution in [0.4, 0.5) is 0 Å². The van der Waals surface area contributed by atoms with Gasteiger partial charge in [-0.25, -0.2) is 9.89 Å². The van der Waals surface area contributed by atoms with Gasteiger partial charge in [-0.2, -0.15) is 5.10 Å². The van der Waals surface area contributed by atoms with Gasteiger partial charge in [0, 0.05) is 15.3 Å². The van der Waals surface area contributed by atoms with Crippen molar-refractivity contribution in [1.82, 2.24) is 29.9 Å². The summed E-state index contributed by atoms with van der Waals surface area (Å²) in [4.78, 5) is 16.7. The summed E-state index contributed by atoms with van der Waals surface area (Å²) >= 11 is 1.65. The van der Waals surface area contributed by atoms with Gasteiger partial charge in [0.05, 0.1) is 6.54 Å². The molecule has 114 valence electrons. The molecule has 0 spiro atoms. The summed E-state index contributed by atoms with van der Waals surface area (Å²) in [7, 11) is 0. The van der Waals surface area contributed by atoms with E-state index >= 15 is 0 Å². The molecule has 0 amide bonds. The van der Waals surface area contributed by atoms with Gasteiger partial charge < -0.3 is 4.98 Å². The number of hydrogen-bond acceptors (Lipinski definition) is 5. The van der Waals surface area contributed by atoms with Crippen molar-refractivity contribution in [2.45, 2.75) is 6.54 Å². The molecule has 0 aliphatic carbocycles. The van der Waals surface area contributed by atoms with Gasteiger partial charge in [0.25, 0.3) is 0 Å². The average molecular weight is 324 g/mol. The number of hydrogen-bond donors (Lipinski definition) is 2. The Kier molecular flexibility index (Phi) is 3.35. The minimum atomic E-state index is -0.202. The zero-order chi connectivity index (χ0) is 15.6. The van der Waals surface area contributed by atoms with Gasteiger partial charge in [0.15, 0.2) is 5.82 Å². The summed E-state index contributed by atoms with van der Waals surface area (Å²) in [5, 5.41) is 14.0. The Balaban J connectivity index is 1.63. The van der Waals surface area contributed by atoms with Gasteiger partial charge in [-0.05, 0) is 23.8 Å². The fourth-order valence-corrected chi connectivity index (χ4v) is 3.34. The van der Waals surface area contributed by atoms with Gasteiger partial charge >= 0.3 is 5.69 Å². The van der Waals surface area contributed by atoms with E-state index in [9.17, 15) is 4.79 Å².